The molecule has 1 aliphatic rings. The molecule has 0 heterocycles. The average Bonchev–Trinajstić information content (AvgIpc) is 3.11. The quantitative estimate of drug-likeness (QED) is 0.413. The fourth-order valence-electron chi connectivity index (χ4n) is 4.33. The molecule has 3 rings (SSSR count). The number of hydrogen-bond donors (Lipinski definition) is 3. The Labute approximate surface area is 194 Å². The van der Waals surface area contributed by atoms with Gasteiger partial charge in [0.25, 0.3) is 0 Å². The summed E-state index contributed by atoms with van der Waals surface area (Å²) in [5.41, 5.74) is 4.71. The Hall–Kier alpha value is -3.35. The first kappa shape index (κ1) is 24.3. The van der Waals surface area contributed by atoms with Crippen LogP contribution in [0.1, 0.15) is 62.5 Å². The summed E-state index contributed by atoms with van der Waals surface area (Å²) >= 11 is 0. The van der Waals surface area contributed by atoms with Crippen molar-refractivity contribution in [3.63, 3.8) is 0 Å². The van der Waals surface area contributed by atoms with Gasteiger partial charge in [-0.3, -0.25) is 9.59 Å². The summed E-state index contributed by atoms with van der Waals surface area (Å²) < 4.78 is 5.50. The minimum absolute atomic E-state index is 0.0220. The van der Waals surface area contributed by atoms with E-state index in [0.29, 0.717) is 32.2 Å². The minimum Gasteiger partial charge on any atom is -0.481 e. The predicted octanol–water partition coefficient (Wildman–Crippen LogP) is 4.46. The summed E-state index contributed by atoms with van der Waals surface area (Å²) in [6.45, 7) is 2.64. The van der Waals surface area contributed by atoms with Crippen LogP contribution in [-0.2, 0) is 14.3 Å². The van der Waals surface area contributed by atoms with Crippen LogP contribution in [0.2, 0.25) is 0 Å². The number of carbonyl (C=O) groups excluding carboxylic acids is 2. The van der Waals surface area contributed by atoms with Gasteiger partial charge in [-0.25, -0.2) is 4.79 Å². The maximum absolute atomic E-state index is 12.2. The summed E-state index contributed by atoms with van der Waals surface area (Å²) in [6.07, 6.45) is 2.45. The van der Waals surface area contributed by atoms with Gasteiger partial charge in [-0.1, -0.05) is 61.9 Å². The summed E-state index contributed by atoms with van der Waals surface area (Å²) in [4.78, 5) is 35.1. The van der Waals surface area contributed by atoms with E-state index in [1.54, 1.807) is 0 Å². The van der Waals surface area contributed by atoms with Crippen LogP contribution in [0.5, 0.6) is 0 Å². The highest BCUT2D eigenvalue weighted by Gasteiger charge is 2.28. The molecule has 0 aliphatic heterocycles. The van der Waals surface area contributed by atoms with Crippen LogP contribution in [0.3, 0.4) is 0 Å². The minimum atomic E-state index is -0.916. The van der Waals surface area contributed by atoms with E-state index in [1.807, 2.05) is 31.2 Å². The van der Waals surface area contributed by atoms with Gasteiger partial charge in [0.15, 0.2) is 0 Å². The van der Waals surface area contributed by atoms with Gasteiger partial charge < -0.3 is 20.5 Å². The molecule has 3 N–H and O–H groups in total. The summed E-state index contributed by atoms with van der Waals surface area (Å²) in [5, 5.41) is 14.5. The Kier molecular flexibility index (Phi) is 8.87. The van der Waals surface area contributed by atoms with Crippen molar-refractivity contribution in [3.8, 4) is 11.1 Å². The third-order valence-electron chi connectivity index (χ3n) is 5.87. The Morgan fingerprint density at radius 1 is 1.00 bits per heavy atom. The maximum atomic E-state index is 12.2. The lowest BCUT2D eigenvalue weighted by Gasteiger charge is -2.16. The molecule has 0 unspecified atom stereocenters. The Bertz CT molecular complexity index is 929. The van der Waals surface area contributed by atoms with Crippen LogP contribution in [0, 0.1) is 0 Å². The molecule has 7 nitrogen and oxygen atoms in total. The summed E-state index contributed by atoms with van der Waals surface area (Å²) in [5.74, 6) is -1.05. The molecule has 0 aromatic heterocycles. The number of ether oxygens (including phenoxy) is 1. The second-order valence-corrected chi connectivity index (χ2v) is 8.36. The highest BCUT2D eigenvalue weighted by Crippen LogP contribution is 2.44. The average molecular weight is 453 g/mol. The molecule has 0 radical (unpaired) electrons. The highest BCUT2D eigenvalue weighted by atomic mass is 16.5. The number of aliphatic carboxylic acids is 1. The van der Waals surface area contributed by atoms with Gasteiger partial charge in [0.1, 0.15) is 6.61 Å². The van der Waals surface area contributed by atoms with Crippen LogP contribution in [0.4, 0.5) is 4.79 Å². The Balaban J connectivity index is 1.36. The zero-order valence-corrected chi connectivity index (χ0v) is 19.0. The second kappa shape index (κ2) is 12.0. The Morgan fingerprint density at radius 2 is 1.64 bits per heavy atom. The molecule has 1 aliphatic carbocycles. The van der Waals surface area contributed by atoms with Crippen LogP contribution in [0.25, 0.3) is 11.1 Å². The predicted molar refractivity (Wildman–Crippen MR) is 126 cm³/mol. The normalized spacial score (nSPS) is 13.0. The van der Waals surface area contributed by atoms with Crippen molar-refractivity contribution < 1.29 is 24.2 Å². The van der Waals surface area contributed by atoms with Crippen LogP contribution >= 0.6 is 0 Å². The standard InChI is InChI=1S/C26H32N2O5/c1-2-9-18(16-25(30)31)28-24(29)14-7-8-15-27-26(32)33-17-23-21-12-5-3-10-19(21)20-11-4-6-13-22(20)23/h3-6,10-13,18,23H,2,7-9,14-17H2,1H3,(H,27,32)(H,28,29)(H,30,31)/t18-/m0/s1. The fraction of sp³-hybridized carbons (Fsp3) is 0.423. The van der Waals surface area contributed by atoms with Crippen LogP contribution in [-0.4, -0.2) is 42.3 Å². The lowest BCUT2D eigenvalue weighted by atomic mass is 9.98. The van der Waals surface area contributed by atoms with E-state index in [1.165, 1.54) is 22.3 Å². The fourth-order valence-corrected chi connectivity index (χ4v) is 4.33. The van der Waals surface area contributed by atoms with Crippen molar-refractivity contribution in [1.29, 1.82) is 0 Å². The second-order valence-electron chi connectivity index (χ2n) is 8.36. The molecule has 2 aromatic carbocycles. The first-order valence-corrected chi connectivity index (χ1v) is 11.6. The first-order valence-electron chi connectivity index (χ1n) is 11.6. The Morgan fingerprint density at radius 3 is 2.24 bits per heavy atom. The third-order valence-corrected chi connectivity index (χ3v) is 5.87. The largest absolute Gasteiger partial charge is 0.481 e. The molecule has 2 amide bonds. The topological polar surface area (TPSA) is 105 Å². The molecule has 0 spiro atoms. The molecular formula is C26H32N2O5. The van der Waals surface area contributed by atoms with Crippen molar-refractivity contribution in [1.82, 2.24) is 10.6 Å². The molecule has 2 aromatic rings. The SMILES string of the molecule is CCC[C@@H](CC(=O)O)NC(=O)CCCCNC(=O)OCC1c2ccccc2-c2ccccc21. The molecule has 7 heteroatoms. The molecule has 176 valence electrons. The molecule has 0 fully saturated rings. The highest BCUT2D eigenvalue weighted by molar-refractivity contribution is 5.79. The number of nitrogens with one attached hydrogen (secondary N) is 2. The van der Waals surface area contributed by atoms with Crippen molar-refractivity contribution >= 4 is 18.0 Å². The third kappa shape index (κ3) is 6.81. The van der Waals surface area contributed by atoms with E-state index in [9.17, 15) is 14.4 Å². The lowest BCUT2D eigenvalue weighted by Crippen LogP contribution is -2.36. The van der Waals surface area contributed by atoms with Crippen molar-refractivity contribution in [3.05, 3.63) is 59.7 Å². The van der Waals surface area contributed by atoms with E-state index in [2.05, 4.69) is 34.9 Å². The number of benzene rings is 2. The molecule has 0 saturated carbocycles. The number of carbonyl (C=O) groups is 3. The van der Waals surface area contributed by atoms with Gasteiger partial charge in [0.05, 0.1) is 6.42 Å². The number of rotatable bonds is 12. The van der Waals surface area contributed by atoms with Crippen molar-refractivity contribution in [2.75, 3.05) is 13.2 Å². The van der Waals surface area contributed by atoms with E-state index in [4.69, 9.17) is 9.84 Å². The molecule has 0 bridgehead atoms. The molecular weight excluding hydrogens is 420 g/mol. The van der Waals surface area contributed by atoms with Crippen LogP contribution < -0.4 is 10.6 Å². The number of amides is 2. The van der Waals surface area contributed by atoms with E-state index >= 15 is 0 Å². The van der Waals surface area contributed by atoms with Crippen molar-refractivity contribution in [2.24, 2.45) is 0 Å². The number of carboxylic acids is 1. The monoisotopic (exact) mass is 452 g/mol. The number of unbranched alkanes of at least 4 members (excludes halogenated alkanes) is 1. The van der Waals surface area contributed by atoms with Gasteiger partial charge >= 0.3 is 12.1 Å². The van der Waals surface area contributed by atoms with Gasteiger partial charge in [0, 0.05) is 24.9 Å². The molecule has 1 atom stereocenters. The van der Waals surface area contributed by atoms with Crippen LogP contribution in [0.15, 0.2) is 48.5 Å². The van der Waals surface area contributed by atoms with Crippen molar-refractivity contribution in [2.45, 2.75) is 57.4 Å². The summed E-state index contributed by atoms with van der Waals surface area (Å²) in [7, 11) is 0. The smallest absolute Gasteiger partial charge is 0.407 e. The van der Waals surface area contributed by atoms with E-state index in [-0.39, 0.29) is 30.9 Å². The molecule has 33 heavy (non-hydrogen) atoms. The van der Waals surface area contributed by atoms with Gasteiger partial charge in [-0.05, 0) is 41.5 Å². The van der Waals surface area contributed by atoms with Gasteiger partial charge in [-0.2, -0.15) is 0 Å². The maximum Gasteiger partial charge on any atom is 0.407 e. The number of hydrogen-bond acceptors (Lipinski definition) is 4. The summed E-state index contributed by atoms with van der Waals surface area (Å²) in [6, 6.07) is 16.0. The number of alkyl carbamates (subject to hydrolysis) is 1. The zero-order chi connectivity index (χ0) is 23.6. The lowest BCUT2D eigenvalue weighted by molar-refractivity contribution is -0.137. The number of fused-ring (bicyclic) bond motifs is 3. The van der Waals surface area contributed by atoms with Gasteiger partial charge in [0.2, 0.25) is 5.91 Å². The molecule has 0 saturated heterocycles. The number of carboxylic acid groups (broad SMARTS) is 1. The van der Waals surface area contributed by atoms with E-state index in [0.717, 1.165) is 6.42 Å². The first-order chi connectivity index (χ1) is 16.0. The zero-order valence-electron chi connectivity index (χ0n) is 19.0. The van der Waals surface area contributed by atoms with E-state index < -0.39 is 12.1 Å². The van der Waals surface area contributed by atoms with Gasteiger partial charge in [-0.15, -0.1) is 0 Å².